The van der Waals surface area contributed by atoms with Gasteiger partial charge in [-0.05, 0) is 157 Å². The van der Waals surface area contributed by atoms with Crippen molar-refractivity contribution in [2.75, 3.05) is 47.5 Å². The molecule has 12 atom stereocenters. The van der Waals surface area contributed by atoms with Crippen molar-refractivity contribution in [2.45, 2.75) is 238 Å². The fourth-order valence-corrected chi connectivity index (χ4v) is 17.8. The quantitative estimate of drug-likeness (QED) is 0.0107. The van der Waals surface area contributed by atoms with E-state index in [0.717, 1.165) is 53.6 Å². The Balaban J connectivity index is 0.709. The minimum Gasteiger partial charge on any atom is -0.487 e. The van der Waals surface area contributed by atoms with Crippen LogP contribution in [-0.2, 0) is 111 Å². The van der Waals surface area contributed by atoms with Gasteiger partial charge in [0.05, 0.1) is 31.6 Å². The van der Waals surface area contributed by atoms with Crippen LogP contribution in [0, 0.1) is 10.8 Å². The second-order valence-corrected chi connectivity index (χ2v) is 41.4. The monoisotopic (exact) mass is 2000 g/mol. The number of aliphatic carboxylic acids is 1. The Morgan fingerprint density at radius 2 is 0.849 bits per heavy atom. The van der Waals surface area contributed by atoms with E-state index < -0.39 is 172 Å². The van der Waals surface area contributed by atoms with E-state index in [1.54, 1.807) is 150 Å². The lowest BCUT2D eigenvalue weighted by atomic mass is 9.85. The van der Waals surface area contributed by atoms with Crippen molar-refractivity contribution in [3.8, 4) is 22.6 Å². The summed E-state index contributed by atoms with van der Waals surface area (Å²) >= 11 is 0. The lowest BCUT2D eigenvalue weighted by Crippen LogP contribution is -2.61. The number of aromatic nitrogens is 6. The van der Waals surface area contributed by atoms with Crippen LogP contribution >= 0.6 is 0 Å². The summed E-state index contributed by atoms with van der Waals surface area (Å²) in [5.74, 6) is -7.46. The predicted molar refractivity (Wildman–Crippen MR) is 541 cm³/mol. The molecule has 2 aliphatic heterocycles. The molecule has 1 aliphatic carbocycles. The van der Waals surface area contributed by atoms with Crippen LogP contribution in [0.15, 0.2) is 207 Å². The van der Waals surface area contributed by atoms with Crippen LogP contribution in [0.3, 0.4) is 0 Å². The molecule has 10 aromatic rings. The number of alkyl carbamates (subject to hydrolysis) is 1. The molecule has 772 valence electrons. The van der Waals surface area contributed by atoms with Crippen LogP contribution < -0.4 is 41.4 Å². The number of likely N-dealkylation sites (N-methyl/N-ethyl adjacent to an activating group) is 2. The summed E-state index contributed by atoms with van der Waals surface area (Å²) in [4.78, 5) is 191. The minimum atomic E-state index is -1.47. The van der Waals surface area contributed by atoms with Gasteiger partial charge in [0.15, 0.2) is 0 Å². The van der Waals surface area contributed by atoms with Crippen LogP contribution in [0.2, 0.25) is 0 Å². The largest absolute Gasteiger partial charge is 0.487 e. The van der Waals surface area contributed by atoms with Gasteiger partial charge < -0.3 is 80.0 Å². The zero-order valence-corrected chi connectivity index (χ0v) is 85.3. The van der Waals surface area contributed by atoms with Gasteiger partial charge >= 0.3 is 36.2 Å². The number of nitrogens with one attached hydrogen (secondary N) is 6. The van der Waals surface area contributed by atoms with Crippen molar-refractivity contribution >= 4 is 99.1 Å². The molecule has 0 unspecified atom stereocenters. The molecule has 146 heavy (non-hydrogen) atoms. The summed E-state index contributed by atoms with van der Waals surface area (Å²) in [7, 11) is 4.02. The van der Waals surface area contributed by atoms with Crippen molar-refractivity contribution in [2.24, 2.45) is 10.8 Å². The van der Waals surface area contributed by atoms with Crippen molar-refractivity contribution in [3.05, 3.63) is 252 Å². The van der Waals surface area contributed by atoms with Crippen molar-refractivity contribution in [1.29, 1.82) is 0 Å². The van der Waals surface area contributed by atoms with Crippen molar-refractivity contribution in [1.82, 2.24) is 81.5 Å². The normalized spacial score (nSPS) is 16.8. The number of carboxylic acids is 1. The molecule has 2 aromatic heterocycles. The van der Waals surface area contributed by atoms with Gasteiger partial charge in [0.25, 0.3) is 0 Å². The first kappa shape index (κ1) is 108. The van der Waals surface area contributed by atoms with Gasteiger partial charge in [-0.2, -0.15) is 0 Å². The molecule has 0 saturated carbocycles. The highest BCUT2D eigenvalue weighted by Gasteiger charge is 2.50. The summed E-state index contributed by atoms with van der Waals surface area (Å²) < 4.78 is 43.1. The maximum Gasteiger partial charge on any atom is 0.410 e. The Morgan fingerprint density at radius 3 is 1.26 bits per heavy atom. The number of esters is 2. The minimum absolute atomic E-state index is 0.0324. The summed E-state index contributed by atoms with van der Waals surface area (Å²) in [6.45, 7) is 26.4. The number of methoxy groups -OCH3 is 1. The Hall–Kier alpha value is -15.6. The third kappa shape index (κ3) is 27.5. The lowest BCUT2D eigenvalue weighted by Gasteiger charge is -2.37. The Kier molecular flexibility index (Phi) is 34.2. The van der Waals surface area contributed by atoms with E-state index in [4.69, 9.17) is 33.2 Å². The molecule has 0 spiro atoms. The van der Waals surface area contributed by atoms with E-state index in [2.05, 4.69) is 59.1 Å². The molecule has 7 N–H and O–H groups in total. The van der Waals surface area contributed by atoms with Gasteiger partial charge in [-0.3, -0.25) is 43.4 Å². The third-order valence-corrected chi connectivity index (χ3v) is 26.0. The van der Waals surface area contributed by atoms with Crippen molar-refractivity contribution < 1.29 is 101 Å². The fourth-order valence-electron chi connectivity index (χ4n) is 17.8. The Morgan fingerprint density at radius 1 is 0.459 bits per heavy atom. The first-order valence-electron chi connectivity index (χ1n) is 48.6. The average Bonchev–Trinajstić information content (AvgIpc) is 1.62. The highest BCUT2D eigenvalue weighted by Crippen LogP contribution is 2.45. The zero-order chi connectivity index (χ0) is 106. The van der Waals surface area contributed by atoms with Gasteiger partial charge in [0.2, 0.25) is 41.4 Å². The molecule has 0 bridgehead atoms. The Bertz CT molecular complexity index is 6410. The third-order valence-electron chi connectivity index (χ3n) is 26.0. The van der Waals surface area contributed by atoms with Crippen LogP contribution in [0.25, 0.3) is 32.7 Å². The number of fused-ring (bicyclic) bond motifs is 5. The number of rotatable bonds is 38. The average molecular weight is 2000 g/mol. The van der Waals surface area contributed by atoms with Crippen LogP contribution in [0.1, 0.15) is 173 Å². The topological polar surface area (TPSA) is 453 Å². The molecular weight excluding hydrogens is 1870 g/mol. The number of carbonyl (C=O) groups excluding carboxylic acids is 12. The fraction of sp³-hybridized carbons (Fsp3) is 0.422. The second kappa shape index (κ2) is 46.4. The second-order valence-electron chi connectivity index (χ2n) is 41.4. The van der Waals surface area contributed by atoms with Crippen LogP contribution in [0.5, 0.6) is 11.5 Å². The van der Waals surface area contributed by atoms with E-state index >= 15 is 19.2 Å². The molecule has 10 amide bonds. The number of hydrogen-bond acceptors (Lipinski definition) is 24. The number of benzene rings is 8. The number of ether oxygens (including phenoxy) is 7. The number of amides is 10. The summed E-state index contributed by atoms with van der Waals surface area (Å²) in [6, 6.07) is 40.9. The maximum atomic E-state index is 15.8. The highest BCUT2D eigenvalue weighted by atomic mass is 16.6. The van der Waals surface area contributed by atoms with Gasteiger partial charge in [0, 0.05) is 71.6 Å². The van der Waals surface area contributed by atoms with E-state index in [9.17, 15) is 48.3 Å². The SMILES string of the molecule is C=CCOC(=O)[C@H](Cc1ccc(OCc2cn([C@H]3C[C@@H](C(=O)N[C@@H](Cc4ccc5ccccc5c4)C(=O)O)N(C(=O)[C@@H](NC(=O)[C@H](C)N(C)C(=O)OC(C)(C)C)C(C)(C)C)C3)nn2)cc1)NC(=O)[C@H](Cc1ccc2ccccc2c1)NC(=O)[C@@H]1C[C@H](n2cc(COc3ccc(C[C@H](NC(=O)OCC4c5ccccc5-c5ccccc54)C(=O)OC)cc3)nn2)CN1C(=O)[C@@H](NC(=O)[C@H](C)N(C)C(=O)OC(C)(C)C)C(C)(C)C. The molecule has 37 nitrogen and oxygen atoms in total. The number of carboxylic acid groups (broad SMARTS) is 1. The smallest absolute Gasteiger partial charge is 0.410 e. The first-order chi connectivity index (χ1) is 69.2. The highest BCUT2D eigenvalue weighted by molar-refractivity contribution is 5.99. The molecule has 4 heterocycles. The molecule has 8 aromatic carbocycles. The first-order valence-corrected chi connectivity index (χ1v) is 48.6. The van der Waals surface area contributed by atoms with Gasteiger partial charge in [0.1, 0.15) is 121 Å². The van der Waals surface area contributed by atoms with E-state index in [1.165, 1.54) is 60.3 Å². The molecule has 3 aliphatic rings. The Labute approximate surface area is 847 Å². The van der Waals surface area contributed by atoms with E-state index in [0.29, 0.717) is 45.1 Å². The number of likely N-dealkylation sites (tertiary alicyclic amines) is 2. The number of nitrogens with zero attached hydrogens (tertiary/aromatic N) is 10. The molecular formula is C109H130N16O21. The summed E-state index contributed by atoms with van der Waals surface area (Å²) in [6.07, 6.45) is 1.65. The summed E-state index contributed by atoms with van der Waals surface area (Å²) in [5, 5.41) is 48.9. The van der Waals surface area contributed by atoms with Gasteiger partial charge in [-0.1, -0.05) is 222 Å². The van der Waals surface area contributed by atoms with Crippen molar-refractivity contribution in [3.63, 3.8) is 0 Å². The standard InChI is InChI=1S/C109H130N16O21/c1-19-48-141-102(136)88(52-67-40-46-79(47-41-67)143-62-75-58-125(119-117-75)77-56-90(97(130)111-86(100(133)134)54-69-37-43-71-29-21-23-31-73(71)50-69)123(60-77)99(132)92(107(7,8)9)115-94(127)65(3)121(17)105(139)146-109(13,14)15)112-95(128)85(53-68-36-42-70-28-20-22-30-72(70)49-68)110-96(129)89-55-76(59-122(89)98(131)91(106(4,5)6)114-93(126)64(2)120(16)104(138)145-108(10,11)12)124-57-74(116-118-124)61-142-78-44-38-66(39-45-78)51-87(101(135)140-18)113-103(137)144-63-84-82-34-26-24-32-80(82)81-33-25-27-35-83(81)84/h19-47,49-50,57-58,64-65,76-77,84-92H,1,48,51-56,59-63H2,2-18H3,(H,110,129)(H,111,130)(H,112,128)(H,113,137)(H,114,126)(H,115,127)(H,133,134)/t64-,65-,76-,77-,85-,86-,87-,88-,89-,90-,91+,92+/m0/s1. The van der Waals surface area contributed by atoms with Crippen LogP contribution in [-0.4, -0.2) is 251 Å². The molecule has 37 heteroatoms. The number of hydrogen-bond donors (Lipinski definition) is 7. The lowest BCUT2D eigenvalue weighted by molar-refractivity contribution is -0.147. The zero-order valence-electron chi connectivity index (χ0n) is 85.3. The van der Waals surface area contributed by atoms with Gasteiger partial charge in [-0.15, -0.1) is 10.2 Å². The van der Waals surface area contributed by atoms with E-state index in [-0.39, 0.29) is 84.0 Å². The predicted octanol–water partition coefficient (Wildman–Crippen LogP) is 11.8. The van der Waals surface area contributed by atoms with Gasteiger partial charge in [-0.25, -0.2) is 38.1 Å². The molecule has 0 radical (unpaired) electrons. The number of carbonyl (C=O) groups is 13. The van der Waals surface area contributed by atoms with Crippen LogP contribution in [0.4, 0.5) is 14.4 Å². The van der Waals surface area contributed by atoms with E-state index in [1.807, 2.05) is 127 Å². The summed E-state index contributed by atoms with van der Waals surface area (Å²) in [5.41, 5.74) is 3.40. The maximum absolute atomic E-state index is 15.8. The molecule has 2 fully saturated rings. The molecule has 13 rings (SSSR count). The molecule has 2 saturated heterocycles.